The van der Waals surface area contributed by atoms with Gasteiger partial charge in [-0.2, -0.15) is 25.3 Å². The van der Waals surface area contributed by atoms with Crippen LogP contribution in [-0.4, -0.2) is 68.8 Å². The summed E-state index contributed by atoms with van der Waals surface area (Å²) in [7, 11) is -11.0. The summed E-state index contributed by atoms with van der Waals surface area (Å²) in [5.74, 6) is 0. The Morgan fingerprint density at radius 1 is 0.880 bits per heavy atom. The maximum atomic E-state index is 12.9. The van der Waals surface area contributed by atoms with E-state index in [-0.39, 0.29) is 6.04 Å². The van der Waals surface area contributed by atoms with Crippen molar-refractivity contribution >= 4 is 30.4 Å². The van der Waals surface area contributed by atoms with E-state index in [0.717, 1.165) is 10.7 Å². The van der Waals surface area contributed by atoms with Crippen molar-refractivity contribution in [2.75, 3.05) is 18.8 Å². The van der Waals surface area contributed by atoms with Crippen molar-refractivity contribution in [3.8, 4) is 0 Å². The number of nitrogens with zero attached hydrogens (tertiary/aromatic N) is 1. The van der Waals surface area contributed by atoms with Gasteiger partial charge in [0.05, 0.1) is 24.8 Å². The van der Waals surface area contributed by atoms with Gasteiger partial charge in [-0.15, -0.1) is 0 Å². The molecule has 0 fully saturated rings. The summed E-state index contributed by atoms with van der Waals surface area (Å²) >= 11 is 0. The number of hydrogen-bond acceptors (Lipinski definition) is 7. The molecule has 0 radical (unpaired) electrons. The Hall–Kier alpha value is -1.06. The topological polar surface area (TPSA) is 166 Å². The molecule has 10 nitrogen and oxygen atoms in total. The van der Waals surface area contributed by atoms with Gasteiger partial charge in [-0.05, 0) is 26.8 Å². The minimum absolute atomic E-state index is 0.106. The number of halogens is 1. The van der Waals surface area contributed by atoms with Gasteiger partial charge in [-0.1, -0.05) is 16.1 Å². The fraction of sp³-hybridized carbons (Fsp3) is 0.636. The maximum Gasteiger partial charge on any atom is 0.261 e. The number of allylic oxidation sites excluding steroid dienone is 3. The van der Waals surface area contributed by atoms with E-state index in [0.29, 0.717) is 24.5 Å². The fourth-order valence-corrected chi connectivity index (χ4v) is 1.21. The molecule has 1 aliphatic heterocycles. The predicted molar refractivity (Wildman–Crippen MR) is 92.3 cm³/mol. The van der Waals surface area contributed by atoms with Crippen LogP contribution in [0.4, 0.5) is 4.48 Å². The van der Waals surface area contributed by atoms with E-state index >= 15 is 0 Å². The van der Waals surface area contributed by atoms with Gasteiger partial charge in [0.15, 0.2) is 0 Å². The smallest absolute Gasteiger partial charge is 0.261 e. The molecule has 0 saturated carbocycles. The van der Waals surface area contributed by atoms with Gasteiger partial charge >= 0.3 is 0 Å². The molecular formula is C11H24FNO9S3. The first-order valence-corrected chi connectivity index (χ1v) is 11.7. The van der Waals surface area contributed by atoms with Crippen LogP contribution in [0.3, 0.4) is 0 Å². The molecular weight excluding hydrogens is 405 g/mol. The van der Waals surface area contributed by atoms with E-state index in [1.165, 1.54) is 0 Å². The minimum Gasteiger partial charge on any atom is -0.286 e. The molecule has 0 spiro atoms. The third kappa shape index (κ3) is 45.1. The zero-order valence-corrected chi connectivity index (χ0v) is 17.0. The normalized spacial score (nSPS) is 17.4. The third-order valence-electron chi connectivity index (χ3n) is 1.64. The molecule has 1 unspecified atom stereocenters. The Bertz CT molecular complexity index is 672. The highest BCUT2D eigenvalue weighted by atomic mass is 32.2. The molecule has 1 aliphatic rings. The van der Waals surface area contributed by atoms with E-state index in [2.05, 4.69) is 0 Å². The zero-order chi connectivity index (χ0) is 21.2. The van der Waals surface area contributed by atoms with Crippen molar-refractivity contribution in [2.45, 2.75) is 26.8 Å². The summed E-state index contributed by atoms with van der Waals surface area (Å²) in [4.78, 5) is 0. The van der Waals surface area contributed by atoms with Crippen LogP contribution in [0, 0.1) is 0 Å². The van der Waals surface area contributed by atoms with Crippen molar-refractivity contribution in [2.24, 2.45) is 0 Å². The second-order valence-corrected chi connectivity index (χ2v) is 9.35. The van der Waals surface area contributed by atoms with Crippen molar-refractivity contribution < 1.29 is 43.4 Å². The van der Waals surface area contributed by atoms with Crippen molar-refractivity contribution in [3.05, 3.63) is 23.4 Å². The molecule has 3 N–H and O–H groups in total. The molecule has 25 heavy (non-hydrogen) atoms. The SMILES string of the molecule is CC1=CC(C)N(F)C(C)=C1.CS(=O)(=O)O.CS(=O)(=O)O.CS(=O)(=O)O. The summed E-state index contributed by atoms with van der Waals surface area (Å²) in [6.45, 7) is 5.58. The Balaban J connectivity index is -0.000000279. The molecule has 1 atom stereocenters. The Kier molecular flexibility index (Phi) is 13.3. The summed E-state index contributed by atoms with van der Waals surface area (Å²) in [6.07, 6.45) is 5.88. The van der Waals surface area contributed by atoms with Gasteiger partial charge in [-0.25, -0.2) is 5.12 Å². The first-order valence-electron chi connectivity index (χ1n) is 6.20. The van der Waals surface area contributed by atoms with Crippen molar-refractivity contribution in [3.63, 3.8) is 0 Å². The average molecular weight is 430 g/mol. The summed E-state index contributed by atoms with van der Waals surface area (Å²) in [5.41, 5.74) is 1.83. The minimum atomic E-state index is -3.67. The second-order valence-electron chi connectivity index (χ2n) is 4.95. The first kappa shape index (κ1) is 28.7. The third-order valence-corrected chi connectivity index (χ3v) is 1.64. The van der Waals surface area contributed by atoms with Crippen LogP contribution < -0.4 is 0 Å². The largest absolute Gasteiger partial charge is 0.286 e. The maximum absolute atomic E-state index is 12.9. The van der Waals surface area contributed by atoms with E-state index in [1.54, 1.807) is 6.92 Å². The standard InChI is InChI=1S/C8H12FN.3CH4O3S/c1-6-4-7(2)10(9)8(3)5-6;3*1-5(2,3)4/h4-5,7H,1-3H3;3*1H3,(H,2,3,4). The van der Waals surface area contributed by atoms with Crippen LogP contribution in [0.5, 0.6) is 0 Å². The second kappa shape index (κ2) is 11.5. The van der Waals surface area contributed by atoms with Crippen LogP contribution in [0.15, 0.2) is 23.4 Å². The average Bonchev–Trinajstić information content (AvgIpc) is 2.18. The highest BCUT2D eigenvalue weighted by Gasteiger charge is 2.14. The Labute approximate surface area is 148 Å². The molecule has 0 bridgehead atoms. The van der Waals surface area contributed by atoms with E-state index in [1.807, 2.05) is 26.0 Å². The molecule has 0 aromatic carbocycles. The zero-order valence-electron chi connectivity index (χ0n) is 14.6. The van der Waals surface area contributed by atoms with Crippen LogP contribution in [0.1, 0.15) is 20.8 Å². The van der Waals surface area contributed by atoms with Gasteiger partial charge in [-0.3, -0.25) is 13.7 Å². The Morgan fingerprint density at radius 2 is 1.12 bits per heavy atom. The Morgan fingerprint density at radius 3 is 1.32 bits per heavy atom. The van der Waals surface area contributed by atoms with Gasteiger partial charge in [0.1, 0.15) is 0 Å². The van der Waals surface area contributed by atoms with Gasteiger partial charge in [0.2, 0.25) is 0 Å². The summed E-state index contributed by atoms with van der Waals surface area (Å²) in [6, 6.07) is -0.106. The van der Waals surface area contributed by atoms with Crippen molar-refractivity contribution in [1.82, 2.24) is 5.12 Å². The van der Waals surface area contributed by atoms with Gasteiger partial charge < -0.3 is 0 Å². The van der Waals surface area contributed by atoms with Crippen LogP contribution in [0.25, 0.3) is 0 Å². The molecule has 1 rings (SSSR count). The molecule has 0 aliphatic carbocycles. The summed E-state index contributed by atoms with van der Waals surface area (Å²) < 4.78 is 90.5. The lowest BCUT2D eigenvalue weighted by molar-refractivity contribution is 0.0444. The van der Waals surface area contributed by atoms with Gasteiger partial charge in [0, 0.05) is 5.70 Å². The lowest BCUT2D eigenvalue weighted by atomic mass is 10.1. The van der Waals surface area contributed by atoms with Crippen LogP contribution in [-0.2, 0) is 30.4 Å². The van der Waals surface area contributed by atoms with Crippen LogP contribution >= 0.6 is 0 Å². The van der Waals surface area contributed by atoms with E-state index in [4.69, 9.17) is 13.7 Å². The van der Waals surface area contributed by atoms with E-state index in [9.17, 15) is 29.7 Å². The van der Waals surface area contributed by atoms with Gasteiger partial charge in [0.25, 0.3) is 30.4 Å². The number of hydrogen-bond donors (Lipinski definition) is 3. The molecule has 152 valence electrons. The molecule has 0 aromatic heterocycles. The predicted octanol–water partition coefficient (Wildman–Crippen LogP) is 0.937. The lowest BCUT2D eigenvalue weighted by Crippen LogP contribution is -2.24. The highest BCUT2D eigenvalue weighted by Crippen LogP contribution is 2.19. The lowest BCUT2D eigenvalue weighted by Gasteiger charge is -2.23. The first-order chi connectivity index (χ1) is 10.6. The summed E-state index contributed by atoms with van der Waals surface area (Å²) in [5, 5.41) is 0.771. The molecule has 0 saturated heterocycles. The quantitative estimate of drug-likeness (QED) is 0.372. The molecule has 14 heteroatoms. The van der Waals surface area contributed by atoms with E-state index < -0.39 is 30.4 Å². The fourth-order valence-electron chi connectivity index (χ4n) is 1.21. The molecule has 0 amide bonds. The monoisotopic (exact) mass is 429 g/mol. The molecule has 0 aromatic rings. The number of rotatable bonds is 0. The van der Waals surface area contributed by atoms with Crippen molar-refractivity contribution in [1.29, 1.82) is 0 Å². The molecule has 1 heterocycles. The highest BCUT2D eigenvalue weighted by molar-refractivity contribution is 7.85. The van der Waals surface area contributed by atoms with Crippen LogP contribution in [0.2, 0.25) is 0 Å².